The van der Waals surface area contributed by atoms with E-state index in [1.807, 2.05) is 11.9 Å². The molecule has 1 aliphatic heterocycles. The van der Waals surface area contributed by atoms with Crippen molar-refractivity contribution in [3.05, 3.63) is 17.5 Å². The van der Waals surface area contributed by atoms with Crippen LogP contribution in [0, 0.1) is 6.92 Å². The highest BCUT2D eigenvalue weighted by Crippen LogP contribution is 2.28. The highest BCUT2D eigenvalue weighted by Gasteiger charge is 2.36. The van der Waals surface area contributed by atoms with Gasteiger partial charge in [-0.15, -0.1) is 0 Å². The van der Waals surface area contributed by atoms with E-state index in [4.69, 9.17) is 0 Å². The van der Waals surface area contributed by atoms with Gasteiger partial charge in [0.2, 0.25) is 11.8 Å². The summed E-state index contributed by atoms with van der Waals surface area (Å²) in [6, 6.07) is 0.229. The third kappa shape index (κ3) is 3.86. The second kappa shape index (κ2) is 6.80. The lowest BCUT2D eigenvalue weighted by Gasteiger charge is -2.38. The fraction of sp³-hybridized carbons (Fsp3) is 0.643. The molecule has 10 heteroatoms. The van der Waals surface area contributed by atoms with E-state index in [2.05, 4.69) is 10.4 Å². The summed E-state index contributed by atoms with van der Waals surface area (Å²) in [5.41, 5.74) is -0.796. The van der Waals surface area contributed by atoms with E-state index in [1.54, 1.807) is 0 Å². The summed E-state index contributed by atoms with van der Waals surface area (Å²) in [7, 11) is 3.32. The Morgan fingerprint density at radius 2 is 2.04 bits per heavy atom. The molecule has 1 aliphatic rings. The van der Waals surface area contributed by atoms with Crippen LogP contribution in [-0.2, 0) is 22.3 Å². The van der Waals surface area contributed by atoms with Crippen LogP contribution < -0.4 is 5.32 Å². The first-order valence-corrected chi connectivity index (χ1v) is 7.44. The third-order valence-corrected chi connectivity index (χ3v) is 4.01. The SMILES string of the molecule is CNC(=O)C1CN(C)CCN1C(=O)Cn1nc(C(F)(F)F)cc1C. The van der Waals surface area contributed by atoms with Gasteiger partial charge in [0.15, 0.2) is 5.69 Å². The zero-order chi connectivity index (χ0) is 18.1. The van der Waals surface area contributed by atoms with Gasteiger partial charge in [0, 0.05) is 32.4 Å². The summed E-state index contributed by atoms with van der Waals surface area (Å²) < 4.78 is 39.1. The molecular weight excluding hydrogens is 327 g/mol. The third-order valence-electron chi connectivity index (χ3n) is 4.01. The van der Waals surface area contributed by atoms with Crippen LogP contribution in [0.4, 0.5) is 13.2 Å². The number of aromatic nitrogens is 2. The molecule has 1 aromatic heterocycles. The molecule has 7 nitrogen and oxygen atoms in total. The van der Waals surface area contributed by atoms with E-state index in [-0.39, 0.29) is 18.1 Å². The number of halogens is 3. The Morgan fingerprint density at radius 1 is 1.38 bits per heavy atom. The van der Waals surface area contributed by atoms with Crippen molar-refractivity contribution >= 4 is 11.8 Å². The zero-order valence-corrected chi connectivity index (χ0v) is 13.7. The number of amides is 2. The Labute approximate surface area is 137 Å². The lowest BCUT2D eigenvalue weighted by molar-refractivity contribution is -0.145. The molecule has 1 N–H and O–H groups in total. The molecular formula is C14H20F3N5O2. The van der Waals surface area contributed by atoms with Crippen molar-refractivity contribution in [2.75, 3.05) is 33.7 Å². The number of hydrogen-bond donors (Lipinski definition) is 1. The van der Waals surface area contributed by atoms with Crippen LogP contribution in [0.2, 0.25) is 0 Å². The highest BCUT2D eigenvalue weighted by atomic mass is 19.4. The maximum atomic E-state index is 12.7. The standard InChI is InChI=1S/C14H20F3N5O2/c1-9-6-11(14(15,16)17)19-22(9)8-12(23)21-5-4-20(3)7-10(21)13(24)18-2/h6,10H,4-5,7-8H2,1-3H3,(H,18,24). The molecule has 0 saturated carbocycles. The minimum atomic E-state index is -4.56. The van der Waals surface area contributed by atoms with Crippen molar-refractivity contribution < 1.29 is 22.8 Å². The monoisotopic (exact) mass is 347 g/mol. The van der Waals surface area contributed by atoms with E-state index in [0.29, 0.717) is 19.6 Å². The van der Waals surface area contributed by atoms with Gasteiger partial charge in [0.05, 0.1) is 0 Å². The maximum absolute atomic E-state index is 12.7. The molecule has 0 bridgehead atoms. The Balaban J connectivity index is 2.16. The predicted molar refractivity (Wildman–Crippen MR) is 79.0 cm³/mol. The van der Waals surface area contributed by atoms with Crippen LogP contribution in [0.5, 0.6) is 0 Å². The molecule has 1 unspecified atom stereocenters. The van der Waals surface area contributed by atoms with Crippen molar-refractivity contribution in [2.45, 2.75) is 25.7 Å². The van der Waals surface area contributed by atoms with Gasteiger partial charge in [0.1, 0.15) is 12.6 Å². The average Bonchev–Trinajstić information content (AvgIpc) is 2.87. The molecule has 1 saturated heterocycles. The largest absolute Gasteiger partial charge is 0.435 e. The topological polar surface area (TPSA) is 70.5 Å². The Hall–Kier alpha value is -2.10. The van der Waals surface area contributed by atoms with Gasteiger partial charge in [-0.05, 0) is 20.0 Å². The Kier molecular flexibility index (Phi) is 5.16. The summed E-state index contributed by atoms with van der Waals surface area (Å²) in [6.45, 7) is 2.41. The minimum absolute atomic E-state index is 0.237. The minimum Gasteiger partial charge on any atom is -0.357 e. The van der Waals surface area contributed by atoms with Gasteiger partial charge in [0.25, 0.3) is 0 Å². The molecule has 134 valence electrons. The molecule has 2 rings (SSSR count). The average molecular weight is 347 g/mol. The lowest BCUT2D eigenvalue weighted by Crippen LogP contribution is -2.60. The molecule has 24 heavy (non-hydrogen) atoms. The summed E-state index contributed by atoms with van der Waals surface area (Å²) in [5, 5.41) is 5.96. The van der Waals surface area contributed by atoms with Crippen LogP contribution in [0.25, 0.3) is 0 Å². The smallest absolute Gasteiger partial charge is 0.357 e. The number of rotatable bonds is 3. The summed E-state index contributed by atoms with van der Waals surface area (Å²) >= 11 is 0. The van der Waals surface area contributed by atoms with E-state index in [9.17, 15) is 22.8 Å². The van der Waals surface area contributed by atoms with Gasteiger partial charge < -0.3 is 15.1 Å². The van der Waals surface area contributed by atoms with Crippen molar-refractivity contribution in [3.63, 3.8) is 0 Å². The van der Waals surface area contributed by atoms with Crippen molar-refractivity contribution in [1.82, 2.24) is 24.9 Å². The van der Waals surface area contributed by atoms with E-state index < -0.39 is 23.8 Å². The second-order valence-corrected chi connectivity index (χ2v) is 5.81. The molecule has 1 atom stereocenters. The Bertz CT molecular complexity index is 628. The summed E-state index contributed by atoms with van der Waals surface area (Å²) in [4.78, 5) is 27.8. The number of nitrogens with one attached hydrogen (secondary N) is 1. The van der Waals surface area contributed by atoms with E-state index >= 15 is 0 Å². The lowest BCUT2D eigenvalue weighted by atomic mass is 10.1. The van der Waals surface area contributed by atoms with Gasteiger partial charge >= 0.3 is 6.18 Å². The van der Waals surface area contributed by atoms with Gasteiger partial charge in [-0.3, -0.25) is 14.3 Å². The molecule has 2 amide bonds. The fourth-order valence-electron chi connectivity index (χ4n) is 2.64. The maximum Gasteiger partial charge on any atom is 0.435 e. The van der Waals surface area contributed by atoms with Crippen molar-refractivity contribution in [1.29, 1.82) is 0 Å². The van der Waals surface area contributed by atoms with E-state index in [1.165, 1.54) is 18.9 Å². The molecule has 1 aromatic rings. The van der Waals surface area contributed by atoms with Gasteiger partial charge in [-0.1, -0.05) is 0 Å². The summed E-state index contributed by atoms with van der Waals surface area (Å²) in [5.74, 6) is -0.736. The number of carbonyl (C=O) groups is 2. The number of carbonyl (C=O) groups excluding carboxylic acids is 2. The van der Waals surface area contributed by atoms with Crippen molar-refractivity contribution in [2.24, 2.45) is 0 Å². The number of nitrogens with zero attached hydrogens (tertiary/aromatic N) is 4. The molecule has 2 heterocycles. The number of piperazine rings is 1. The highest BCUT2D eigenvalue weighted by molar-refractivity contribution is 5.88. The van der Waals surface area contributed by atoms with Crippen LogP contribution in [0.1, 0.15) is 11.4 Å². The van der Waals surface area contributed by atoms with Crippen LogP contribution in [0.3, 0.4) is 0 Å². The van der Waals surface area contributed by atoms with Gasteiger partial charge in [-0.25, -0.2) is 0 Å². The molecule has 0 radical (unpaired) electrons. The first kappa shape index (κ1) is 18.2. The fourth-order valence-corrected chi connectivity index (χ4v) is 2.64. The van der Waals surface area contributed by atoms with Crippen LogP contribution >= 0.6 is 0 Å². The normalized spacial score (nSPS) is 19.4. The summed E-state index contributed by atoms with van der Waals surface area (Å²) in [6.07, 6.45) is -4.56. The Morgan fingerprint density at radius 3 is 2.58 bits per heavy atom. The molecule has 0 aromatic carbocycles. The first-order valence-electron chi connectivity index (χ1n) is 7.44. The molecule has 0 spiro atoms. The van der Waals surface area contributed by atoms with Crippen LogP contribution in [0.15, 0.2) is 6.07 Å². The number of likely N-dealkylation sites (N-methyl/N-ethyl adjacent to an activating group) is 2. The quantitative estimate of drug-likeness (QED) is 0.842. The zero-order valence-electron chi connectivity index (χ0n) is 13.7. The second-order valence-electron chi connectivity index (χ2n) is 5.81. The van der Waals surface area contributed by atoms with Crippen LogP contribution in [-0.4, -0.2) is 71.2 Å². The van der Waals surface area contributed by atoms with Crippen molar-refractivity contribution in [3.8, 4) is 0 Å². The van der Waals surface area contributed by atoms with E-state index in [0.717, 1.165) is 10.7 Å². The number of hydrogen-bond acceptors (Lipinski definition) is 4. The number of aryl methyl sites for hydroxylation is 1. The number of alkyl halides is 3. The molecule has 1 fully saturated rings. The predicted octanol–water partition coefficient (Wildman–Crippen LogP) is 0.0989. The first-order chi connectivity index (χ1) is 11.1. The van der Waals surface area contributed by atoms with Gasteiger partial charge in [-0.2, -0.15) is 18.3 Å². The molecule has 0 aliphatic carbocycles.